The molecule has 5 nitrogen and oxygen atoms in total. The molecule has 0 aromatic heterocycles. The molecule has 1 aromatic carbocycles. The van der Waals surface area contributed by atoms with Crippen LogP contribution in [0.1, 0.15) is 76.0 Å². The van der Waals surface area contributed by atoms with Crippen LogP contribution < -0.4 is 5.32 Å². The smallest absolute Gasteiger partial charge is 0.408 e. The average molecular weight is 384 g/mol. The summed E-state index contributed by atoms with van der Waals surface area (Å²) in [5.74, 6) is 0. The van der Waals surface area contributed by atoms with Gasteiger partial charge in [0.2, 0.25) is 0 Å². The summed E-state index contributed by atoms with van der Waals surface area (Å²) in [7, 11) is 0. The van der Waals surface area contributed by atoms with Gasteiger partial charge in [0.1, 0.15) is 5.60 Å². The van der Waals surface area contributed by atoms with Crippen LogP contribution in [0.3, 0.4) is 0 Å². The first-order chi connectivity index (χ1) is 13.3. The molecule has 0 saturated heterocycles. The van der Waals surface area contributed by atoms with Gasteiger partial charge in [-0.2, -0.15) is 5.26 Å². The van der Waals surface area contributed by atoms with Crippen molar-refractivity contribution in [1.82, 2.24) is 10.2 Å². The van der Waals surface area contributed by atoms with Crippen molar-refractivity contribution in [2.24, 2.45) is 0 Å². The van der Waals surface area contributed by atoms with Crippen LogP contribution in [0.15, 0.2) is 18.2 Å². The molecule has 2 aliphatic rings. The zero-order valence-electron chi connectivity index (χ0n) is 17.5. The van der Waals surface area contributed by atoms with Gasteiger partial charge in [-0.15, -0.1) is 0 Å². The third kappa shape index (κ3) is 5.26. The number of nitrogens with zero attached hydrogens (tertiary/aromatic N) is 2. The number of alkyl carbamates (subject to hydrolysis) is 1. The summed E-state index contributed by atoms with van der Waals surface area (Å²) in [4.78, 5) is 14.9. The highest BCUT2D eigenvalue weighted by molar-refractivity contribution is 5.68. The largest absolute Gasteiger partial charge is 0.444 e. The van der Waals surface area contributed by atoms with Crippen LogP contribution >= 0.6 is 0 Å². The molecule has 3 rings (SSSR count). The van der Waals surface area contributed by atoms with Crippen LogP contribution in [-0.4, -0.2) is 35.2 Å². The Morgan fingerprint density at radius 3 is 2.71 bits per heavy atom. The summed E-state index contributed by atoms with van der Waals surface area (Å²) in [6, 6.07) is 8.37. The molecule has 152 valence electrons. The van der Waals surface area contributed by atoms with E-state index in [1.165, 1.54) is 17.5 Å². The number of ether oxygens (including phenoxy) is 1. The second-order valence-electron chi connectivity index (χ2n) is 9.30. The summed E-state index contributed by atoms with van der Waals surface area (Å²) >= 11 is 0. The number of carbonyl (C=O) groups excluding carboxylic acids is 1. The minimum Gasteiger partial charge on any atom is -0.444 e. The first-order valence-electron chi connectivity index (χ1n) is 10.5. The van der Waals surface area contributed by atoms with E-state index in [2.05, 4.69) is 22.4 Å². The zero-order valence-corrected chi connectivity index (χ0v) is 17.5. The summed E-state index contributed by atoms with van der Waals surface area (Å²) in [5.41, 5.74) is 2.62. The number of hydrogen-bond acceptors (Lipinski definition) is 4. The second-order valence-corrected chi connectivity index (χ2v) is 9.30. The Kier molecular flexibility index (Phi) is 6.30. The van der Waals surface area contributed by atoms with E-state index in [9.17, 15) is 10.1 Å². The maximum Gasteiger partial charge on any atom is 0.408 e. The van der Waals surface area contributed by atoms with Crippen LogP contribution in [-0.2, 0) is 17.7 Å². The number of nitriles is 1. The van der Waals surface area contributed by atoms with Crippen molar-refractivity contribution in [3.63, 3.8) is 0 Å². The van der Waals surface area contributed by atoms with Crippen LogP contribution in [0.25, 0.3) is 0 Å². The van der Waals surface area contributed by atoms with Gasteiger partial charge in [-0.1, -0.05) is 31.4 Å². The number of carbonyl (C=O) groups is 1. The Balaban J connectivity index is 1.64. The first kappa shape index (κ1) is 20.7. The van der Waals surface area contributed by atoms with Gasteiger partial charge >= 0.3 is 6.09 Å². The Bertz CT molecular complexity index is 739. The van der Waals surface area contributed by atoms with Gasteiger partial charge in [-0.3, -0.25) is 4.90 Å². The molecule has 1 fully saturated rings. The third-order valence-electron chi connectivity index (χ3n) is 5.96. The van der Waals surface area contributed by atoms with E-state index in [1.807, 2.05) is 32.9 Å². The fourth-order valence-corrected chi connectivity index (χ4v) is 4.49. The Morgan fingerprint density at radius 1 is 1.29 bits per heavy atom. The van der Waals surface area contributed by atoms with E-state index >= 15 is 0 Å². The maximum atomic E-state index is 12.4. The van der Waals surface area contributed by atoms with Crippen molar-refractivity contribution in [2.45, 2.75) is 83.4 Å². The summed E-state index contributed by atoms with van der Waals surface area (Å²) in [5, 5.41) is 12.6. The number of amides is 1. The van der Waals surface area contributed by atoms with Crippen LogP contribution in [0, 0.1) is 11.3 Å². The molecule has 1 heterocycles. The molecule has 0 radical (unpaired) electrons. The number of rotatable bonds is 4. The summed E-state index contributed by atoms with van der Waals surface area (Å²) in [6.07, 6.45) is 7.17. The fraction of sp³-hybridized carbons (Fsp3) is 0.652. The molecule has 0 atom stereocenters. The van der Waals surface area contributed by atoms with Crippen molar-refractivity contribution in [2.75, 3.05) is 13.1 Å². The van der Waals surface area contributed by atoms with E-state index in [4.69, 9.17) is 4.74 Å². The molecule has 1 aromatic rings. The van der Waals surface area contributed by atoms with Gasteiger partial charge in [-0.25, -0.2) is 4.79 Å². The van der Waals surface area contributed by atoms with Crippen molar-refractivity contribution >= 4 is 6.09 Å². The number of hydrogen-bond donors (Lipinski definition) is 1. The van der Waals surface area contributed by atoms with Crippen LogP contribution in [0.5, 0.6) is 0 Å². The summed E-state index contributed by atoms with van der Waals surface area (Å²) < 4.78 is 5.53. The standard InChI is InChI=1S/C23H33N3O2/c1-22(2,3)28-21(27)25-23(11-5-4-6-12-23)13-15-26-14-10-18-8-7-9-19(16-24)20(18)17-26/h7-9H,4-6,10-15,17H2,1-3H3,(H,25,27). The van der Waals surface area contributed by atoms with Gasteiger partial charge in [-0.05, 0) is 63.6 Å². The second kappa shape index (κ2) is 8.53. The molecule has 1 N–H and O–H groups in total. The van der Waals surface area contributed by atoms with E-state index in [0.717, 1.165) is 63.7 Å². The monoisotopic (exact) mass is 383 g/mol. The molecule has 0 spiro atoms. The lowest BCUT2D eigenvalue weighted by Gasteiger charge is -2.40. The Hall–Kier alpha value is -2.06. The first-order valence-corrected chi connectivity index (χ1v) is 10.5. The van der Waals surface area contributed by atoms with E-state index in [-0.39, 0.29) is 11.6 Å². The van der Waals surface area contributed by atoms with E-state index in [0.29, 0.717) is 0 Å². The van der Waals surface area contributed by atoms with Crippen LogP contribution in [0.2, 0.25) is 0 Å². The number of nitrogens with one attached hydrogen (secondary N) is 1. The maximum absolute atomic E-state index is 12.4. The van der Waals surface area contributed by atoms with Gasteiger partial charge < -0.3 is 10.1 Å². The van der Waals surface area contributed by atoms with Gasteiger partial charge in [0.05, 0.1) is 11.6 Å². The third-order valence-corrected chi connectivity index (χ3v) is 5.96. The normalized spacial score (nSPS) is 19.4. The topological polar surface area (TPSA) is 65.4 Å². The minimum atomic E-state index is -0.482. The quantitative estimate of drug-likeness (QED) is 0.829. The van der Waals surface area contributed by atoms with E-state index in [1.54, 1.807) is 0 Å². The molecule has 5 heteroatoms. The molecule has 1 saturated carbocycles. The highest BCUT2D eigenvalue weighted by Gasteiger charge is 2.35. The molecular weight excluding hydrogens is 350 g/mol. The lowest BCUT2D eigenvalue weighted by molar-refractivity contribution is 0.0402. The molecule has 28 heavy (non-hydrogen) atoms. The lowest BCUT2D eigenvalue weighted by Crippen LogP contribution is -2.52. The predicted molar refractivity (Wildman–Crippen MR) is 110 cm³/mol. The fourth-order valence-electron chi connectivity index (χ4n) is 4.49. The SMILES string of the molecule is CC(C)(C)OC(=O)NC1(CCN2CCc3cccc(C#N)c3C2)CCCCC1. The molecule has 1 aliphatic carbocycles. The highest BCUT2D eigenvalue weighted by Crippen LogP contribution is 2.32. The average Bonchev–Trinajstić information content (AvgIpc) is 2.65. The van der Waals surface area contributed by atoms with Crippen molar-refractivity contribution < 1.29 is 9.53 Å². The van der Waals surface area contributed by atoms with Crippen molar-refractivity contribution in [3.05, 3.63) is 34.9 Å². The predicted octanol–water partition coefficient (Wildman–Crippen LogP) is 4.53. The Labute approximate surface area is 169 Å². The van der Waals surface area contributed by atoms with Crippen molar-refractivity contribution in [3.8, 4) is 6.07 Å². The Morgan fingerprint density at radius 2 is 2.04 bits per heavy atom. The molecule has 1 amide bonds. The molecular formula is C23H33N3O2. The van der Waals surface area contributed by atoms with Gasteiger partial charge in [0.15, 0.2) is 0 Å². The summed E-state index contributed by atoms with van der Waals surface area (Å²) in [6.45, 7) is 8.45. The van der Waals surface area contributed by atoms with E-state index < -0.39 is 5.60 Å². The highest BCUT2D eigenvalue weighted by atomic mass is 16.6. The van der Waals surface area contributed by atoms with Crippen molar-refractivity contribution in [1.29, 1.82) is 5.26 Å². The lowest BCUT2D eigenvalue weighted by atomic mass is 9.79. The molecule has 1 aliphatic heterocycles. The molecule has 0 unspecified atom stereocenters. The minimum absolute atomic E-state index is 0.171. The number of fused-ring (bicyclic) bond motifs is 1. The van der Waals surface area contributed by atoms with Gasteiger partial charge in [0, 0.05) is 25.2 Å². The zero-order chi connectivity index (χ0) is 20.2. The number of benzene rings is 1. The van der Waals surface area contributed by atoms with Crippen LogP contribution in [0.4, 0.5) is 4.79 Å². The molecule has 0 bridgehead atoms. The van der Waals surface area contributed by atoms with Gasteiger partial charge in [0.25, 0.3) is 0 Å².